The predicted octanol–water partition coefficient (Wildman–Crippen LogP) is 3.02. The van der Waals surface area contributed by atoms with Gasteiger partial charge in [0, 0.05) is 5.56 Å². The van der Waals surface area contributed by atoms with E-state index in [4.69, 9.17) is 9.47 Å². The number of ketones is 1. The second-order valence-electron chi connectivity index (χ2n) is 7.38. The molecule has 0 spiro atoms. The topological polar surface area (TPSA) is 84.9 Å². The lowest BCUT2D eigenvalue weighted by atomic mass is 9.91. The third-order valence-electron chi connectivity index (χ3n) is 5.34. The Kier molecular flexibility index (Phi) is 4.74. The van der Waals surface area contributed by atoms with Gasteiger partial charge in [0.15, 0.2) is 17.3 Å². The van der Waals surface area contributed by atoms with Gasteiger partial charge in [-0.15, -0.1) is 0 Å². The molecule has 7 nitrogen and oxygen atoms in total. The maximum atomic E-state index is 13.0. The zero-order valence-electron chi connectivity index (χ0n) is 16.4. The number of hydrogen-bond acceptors (Lipinski definition) is 5. The molecule has 2 aliphatic heterocycles. The average molecular weight is 394 g/mol. The molecule has 1 saturated heterocycles. The van der Waals surface area contributed by atoms with Crippen LogP contribution in [0.5, 0.6) is 11.5 Å². The number of imide groups is 1. The molecular formula is C22H22N2O5. The molecule has 0 radical (unpaired) electrons. The zero-order chi connectivity index (χ0) is 20.6. The number of Topliss-reactive ketones (excluding diaryl/α,β-unsaturated/α-hetero) is 1. The summed E-state index contributed by atoms with van der Waals surface area (Å²) in [5, 5.41) is 2.74. The summed E-state index contributed by atoms with van der Waals surface area (Å²) < 4.78 is 10.5. The van der Waals surface area contributed by atoms with E-state index in [1.807, 2.05) is 24.3 Å². The van der Waals surface area contributed by atoms with Crippen LogP contribution < -0.4 is 14.8 Å². The van der Waals surface area contributed by atoms with Crippen molar-refractivity contribution < 1.29 is 23.9 Å². The molecule has 0 saturated carbocycles. The van der Waals surface area contributed by atoms with Gasteiger partial charge in [-0.05, 0) is 42.7 Å². The van der Waals surface area contributed by atoms with Crippen molar-refractivity contribution in [2.45, 2.75) is 32.2 Å². The minimum atomic E-state index is -1.20. The van der Waals surface area contributed by atoms with E-state index < -0.39 is 17.5 Å². The summed E-state index contributed by atoms with van der Waals surface area (Å²) in [6, 6.07) is 11.9. The van der Waals surface area contributed by atoms with E-state index >= 15 is 0 Å². The van der Waals surface area contributed by atoms with Gasteiger partial charge in [-0.25, -0.2) is 4.79 Å². The lowest BCUT2D eigenvalue weighted by Gasteiger charge is -2.22. The van der Waals surface area contributed by atoms with Gasteiger partial charge in [0.1, 0.15) is 5.54 Å². The Balaban J connectivity index is 1.52. The first kappa shape index (κ1) is 19.0. The summed E-state index contributed by atoms with van der Waals surface area (Å²) in [5.74, 6) is 0.245. The molecule has 1 N–H and O–H groups in total. The normalized spacial score (nSPS) is 20.1. The molecule has 2 heterocycles. The van der Waals surface area contributed by atoms with Gasteiger partial charge in [0.2, 0.25) is 6.79 Å². The minimum absolute atomic E-state index is 0.107. The number of amides is 3. The highest BCUT2D eigenvalue weighted by Crippen LogP contribution is 2.33. The number of nitrogens with zero attached hydrogens (tertiary/aromatic N) is 1. The summed E-state index contributed by atoms with van der Waals surface area (Å²) in [7, 11) is 0. The van der Waals surface area contributed by atoms with Crippen molar-refractivity contribution in [3.8, 4) is 11.5 Å². The molecule has 3 amide bonds. The van der Waals surface area contributed by atoms with Crippen molar-refractivity contribution in [3.63, 3.8) is 0 Å². The molecule has 2 aromatic carbocycles. The van der Waals surface area contributed by atoms with E-state index in [1.165, 1.54) is 5.56 Å². The van der Waals surface area contributed by atoms with E-state index in [1.54, 1.807) is 25.1 Å². The van der Waals surface area contributed by atoms with Crippen LogP contribution in [-0.4, -0.2) is 36.0 Å². The Bertz CT molecular complexity index is 985. The number of rotatable bonds is 6. The first-order valence-corrected chi connectivity index (χ1v) is 9.59. The molecule has 0 bridgehead atoms. The fraction of sp³-hybridized carbons (Fsp3) is 0.318. The Labute approximate surface area is 168 Å². The second kappa shape index (κ2) is 7.24. The molecule has 0 aromatic heterocycles. The van der Waals surface area contributed by atoms with E-state index in [0.29, 0.717) is 22.6 Å². The van der Waals surface area contributed by atoms with Crippen LogP contribution in [0, 0.1) is 0 Å². The Morgan fingerprint density at radius 1 is 1.10 bits per heavy atom. The molecule has 7 heteroatoms. The Hall–Kier alpha value is -3.35. The van der Waals surface area contributed by atoms with Crippen LogP contribution in [0.1, 0.15) is 41.8 Å². The quantitative estimate of drug-likeness (QED) is 0.601. The fourth-order valence-electron chi connectivity index (χ4n) is 3.63. The van der Waals surface area contributed by atoms with Crippen LogP contribution >= 0.6 is 0 Å². The monoisotopic (exact) mass is 394 g/mol. The molecule has 29 heavy (non-hydrogen) atoms. The highest BCUT2D eigenvalue weighted by atomic mass is 16.7. The van der Waals surface area contributed by atoms with Crippen molar-refractivity contribution in [1.82, 2.24) is 10.2 Å². The van der Waals surface area contributed by atoms with Gasteiger partial charge in [0.25, 0.3) is 5.91 Å². The maximum absolute atomic E-state index is 13.0. The van der Waals surface area contributed by atoms with Gasteiger partial charge < -0.3 is 14.8 Å². The standard InChI is InChI=1S/C22H22N2O5/c1-3-4-14-5-8-16(9-6-14)22(2)20(26)24(21(27)23-22)12-17(25)15-7-10-18-19(11-15)29-13-28-18/h5-11H,3-4,12-13H2,1-2H3,(H,23,27)/t22-/m1/s1. The highest BCUT2D eigenvalue weighted by Gasteiger charge is 2.49. The number of carbonyl (C=O) groups excluding carboxylic acids is 3. The van der Waals surface area contributed by atoms with Crippen molar-refractivity contribution in [2.24, 2.45) is 0 Å². The number of hydrogen-bond donors (Lipinski definition) is 1. The van der Waals surface area contributed by atoms with E-state index in [-0.39, 0.29) is 19.1 Å². The smallest absolute Gasteiger partial charge is 0.325 e. The number of benzene rings is 2. The second-order valence-corrected chi connectivity index (χ2v) is 7.38. The number of urea groups is 1. The van der Waals surface area contributed by atoms with Crippen molar-refractivity contribution in [2.75, 3.05) is 13.3 Å². The minimum Gasteiger partial charge on any atom is -0.454 e. The number of nitrogens with one attached hydrogen (secondary N) is 1. The van der Waals surface area contributed by atoms with Crippen molar-refractivity contribution in [3.05, 3.63) is 59.2 Å². The van der Waals surface area contributed by atoms with E-state index in [0.717, 1.165) is 17.7 Å². The van der Waals surface area contributed by atoms with Crippen molar-refractivity contribution in [1.29, 1.82) is 0 Å². The SMILES string of the molecule is CCCc1ccc([C@@]2(C)NC(=O)N(CC(=O)c3ccc4c(c3)OCO4)C2=O)cc1. The largest absolute Gasteiger partial charge is 0.454 e. The van der Waals surface area contributed by atoms with Crippen molar-refractivity contribution >= 4 is 17.7 Å². The average Bonchev–Trinajstić information content (AvgIpc) is 3.27. The molecule has 0 aliphatic carbocycles. The third kappa shape index (κ3) is 3.33. The van der Waals surface area contributed by atoms with Crippen LogP contribution in [0.2, 0.25) is 0 Å². The third-order valence-corrected chi connectivity index (χ3v) is 5.34. The predicted molar refractivity (Wildman–Crippen MR) is 105 cm³/mol. The molecule has 0 unspecified atom stereocenters. The maximum Gasteiger partial charge on any atom is 0.325 e. The first-order valence-electron chi connectivity index (χ1n) is 9.59. The fourth-order valence-corrected chi connectivity index (χ4v) is 3.63. The van der Waals surface area contributed by atoms with Gasteiger partial charge in [-0.1, -0.05) is 37.6 Å². The molecule has 150 valence electrons. The first-order chi connectivity index (χ1) is 13.9. The lowest BCUT2D eigenvalue weighted by Crippen LogP contribution is -2.41. The number of aryl methyl sites for hydroxylation is 1. The number of fused-ring (bicyclic) bond motifs is 1. The summed E-state index contributed by atoms with van der Waals surface area (Å²) in [5.41, 5.74) is 1.02. The van der Waals surface area contributed by atoms with Gasteiger partial charge in [0.05, 0.1) is 6.54 Å². The van der Waals surface area contributed by atoms with E-state index in [9.17, 15) is 14.4 Å². The molecule has 2 aliphatic rings. The molecule has 4 rings (SSSR count). The molecule has 2 aromatic rings. The Morgan fingerprint density at radius 3 is 2.55 bits per heavy atom. The molecule has 1 fully saturated rings. The highest BCUT2D eigenvalue weighted by molar-refractivity contribution is 6.11. The van der Waals surface area contributed by atoms with Crippen LogP contribution in [0.15, 0.2) is 42.5 Å². The van der Waals surface area contributed by atoms with E-state index in [2.05, 4.69) is 12.2 Å². The van der Waals surface area contributed by atoms with Gasteiger partial charge in [-0.3, -0.25) is 14.5 Å². The summed E-state index contributed by atoms with van der Waals surface area (Å²) in [6.45, 7) is 3.53. The van der Waals surface area contributed by atoms with Gasteiger partial charge in [-0.2, -0.15) is 0 Å². The summed E-state index contributed by atoms with van der Waals surface area (Å²) in [6.07, 6.45) is 1.98. The van der Waals surface area contributed by atoms with Gasteiger partial charge >= 0.3 is 6.03 Å². The molecular weight excluding hydrogens is 372 g/mol. The lowest BCUT2D eigenvalue weighted by molar-refractivity contribution is -0.130. The zero-order valence-corrected chi connectivity index (χ0v) is 16.4. The summed E-state index contributed by atoms with van der Waals surface area (Å²) in [4.78, 5) is 39.2. The van der Waals surface area contributed by atoms with Crippen LogP contribution in [0.3, 0.4) is 0 Å². The Morgan fingerprint density at radius 2 is 1.83 bits per heavy atom. The molecule has 1 atom stereocenters. The van der Waals surface area contributed by atoms with Crippen LogP contribution in [0.4, 0.5) is 4.79 Å². The number of ether oxygens (including phenoxy) is 2. The summed E-state index contributed by atoms with van der Waals surface area (Å²) >= 11 is 0. The van der Waals surface area contributed by atoms with Crippen LogP contribution in [-0.2, 0) is 16.8 Å². The number of carbonyl (C=O) groups is 3. The van der Waals surface area contributed by atoms with Crippen LogP contribution in [0.25, 0.3) is 0 Å².